The largest absolute Gasteiger partial charge is 0.444 e. The van der Waals surface area contributed by atoms with Gasteiger partial charge in [0.15, 0.2) is 0 Å². The van der Waals surface area contributed by atoms with Crippen LogP contribution in [0.2, 0.25) is 5.28 Å². The highest BCUT2D eigenvalue weighted by molar-refractivity contribution is 6.28. The molecule has 0 bridgehead atoms. The molecule has 11 heteroatoms. The first-order chi connectivity index (χ1) is 12.7. The van der Waals surface area contributed by atoms with Crippen LogP contribution in [0.5, 0.6) is 0 Å². The Balaban J connectivity index is 1.69. The number of alkyl carbamates (subject to hydrolysis) is 1. The van der Waals surface area contributed by atoms with E-state index in [1.165, 1.54) is 6.33 Å². The molecule has 148 valence electrons. The van der Waals surface area contributed by atoms with Crippen molar-refractivity contribution in [2.24, 2.45) is 0 Å². The van der Waals surface area contributed by atoms with Crippen LogP contribution >= 0.6 is 11.6 Å². The smallest absolute Gasteiger partial charge is 0.407 e. The lowest BCUT2D eigenvalue weighted by molar-refractivity contribution is 0.0387. The molecule has 0 unspecified atom stereocenters. The van der Waals surface area contributed by atoms with Gasteiger partial charge in [0.2, 0.25) is 11.2 Å². The highest BCUT2D eigenvalue weighted by Crippen LogP contribution is 2.12. The van der Waals surface area contributed by atoms with Gasteiger partial charge in [-0.05, 0) is 39.3 Å². The van der Waals surface area contributed by atoms with E-state index in [0.717, 1.165) is 5.69 Å². The highest BCUT2D eigenvalue weighted by Gasteiger charge is 2.15. The van der Waals surface area contributed by atoms with Gasteiger partial charge in [-0.3, -0.25) is 4.68 Å². The number of carbonyl (C=O) groups is 1. The van der Waals surface area contributed by atoms with Crippen molar-refractivity contribution in [3.05, 3.63) is 24.0 Å². The lowest BCUT2D eigenvalue weighted by atomic mass is 10.2. The van der Waals surface area contributed by atoms with Crippen LogP contribution in [0.1, 0.15) is 27.7 Å². The molecule has 0 saturated heterocycles. The van der Waals surface area contributed by atoms with E-state index >= 15 is 0 Å². The standard InChI is InChI=1S/C16H24ClN7O3/c1-11(26-6-5-18-15(25)27-16(2,3)4)8-24-9-12(7-21-24)22-14-20-10-19-13(17)23-14/h7,9-11H,5-6,8H2,1-4H3,(H,18,25)(H,19,20,22,23)/t11-/m0/s1. The molecular formula is C16H24ClN7O3. The van der Waals surface area contributed by atoms with Crippen molar-refractivity contribution in [2.45, 2.75) is 45.9 Å². The van der Waals surface area contributed by atoms with E-state index in [1.807, 2.05) is 27.7 Å². The average Bonchev–Trinajstić information content (AvgIpc) is 2.97. The van der Waals surface area contributed by atoms with Crippen molar-refractivity contribution >= 4 is 29.3 Å². The number of rotatable bonds is 8. The molecule has 2 aromatic rings. The minimum Gasteiger partial charge on any atom is -0.444 e. The first-order valence-electron chi connectivity index (χ1n) is 8.44. The number of nitrogens with one attached hydrogen (secondary N) is 2. The summed E-state index contributed by atoms with van der Waals surface area (Å²) in [6, 6.07) is 0. The number of hydrogen-bond acceptors (Lipinski definition) is 8. The van der Waals surface area contributed by atoms with Crippen LogP contribution in [0.25, 0.3) is 0 Å². The maximum atomic E-state index is 11.5. The molecule has 0 aliphatic carbocycles. The van der Waals surface area contributed by atoms with E-state index in [-0.39, 0.29) is 11.4 Å². The number of hydrogen-bond donors (Lipinski definition) is 2. The number of carbonyl (C=O) groups excluding carboxylic acids is 1. The lowest BCUT2D eigenvalue weighted by Crippen LogP contribution is -2.34. The van der Waals surface area contributed by atoms with Crippen molar-refractivity contribution < 1.29 is 14.3 Å². The molecule has 0 saturated carbocycles. The Labute approximate surface area is 162 Å². The van der Waals surface area contributed by atoms with Gasteiger partial charge in [0.25, 0.3) is 0 Å². The fourth-order valence-corrected chi connectivity index (χ4v) is 2.16. The van der Waals surface area contributed by atoms with Crippen LogP contribution in [-0.2, 0) is 16.0 Å². The summed E-state index contributed by atoms with van der Waals surface area (Å²) in [6.07, 6.45) is 4.22. The van der Waals surface area contributed by atoms with Gasteiger partial charge in [0.05, 0.1) is 31.1 Å². The summed E-state index contributed by atoms with van der Waals surface area (Å²) >= 11 is 5.72. The Morgan fingerprint density at radius 2 is 2.15 bits per heavy atom. The van der Waals surface area contributed by atoms with E-state index in [2.05, 4.69) is 30.7 Å². The molecule has 0 aromatic carbocycles. The van der Waals surface area contributed by atoms with Crippen molar-refractivity contribution in [2.75, 3.05) is 18.5 Å². The van der Waals surface area contributed by atoms with Crippen molar-refractivity contribution in [1.82, 2.24) is 30.0 Å². The van der Waals surface area contributed by atoms with Gasteiger partial charge in [-0.2, -0.15) is 10.1 Å². The van der Waals surface area contributed by atoms with Crippen molar-refractivity contribution in [3.8, 4) is 0 Å². The summed E-state index contributed by atoms with van der Waals surface area (Å²) in [5.74, 6) is 0.340. The molecule has 2 N–H and O–H groups in total. The Morgan fingerprint density at radius 3 is 2.85 bits per heavy atom. The van der Waals surface area contributed by atoms with Gasteiger partial charge in [-0.1, -0.05) is 0 Å². The maximum Gasteiger partial charge on any atom is 0.407 e. The summed E-state index contributed by atoms with van der Waals surface area (Å²) in [5, 5.41) is 10.0. The number of amides is 1. The molecule has 27 heavy (non-hydrogen) atoms. The van der Waals surface area contributed by atoms with Gasteiger partial charge < -0.3 is 20.1 Å². The fraction of sp³-hybridized carbons (Fsp3) is 0.562. The van der Waals surface area contributed by atoms with E-state index in [1.54, 1.807) is 17.1 Å². The Bertz CT molecular complexity index is 748. The molecular weight excluding hydrogens is 374 g/mol. The quantitative estimate of drug-likeness (QED) is 0.652. The van der Waals surface area contributed by atoms with Crippen LogP contribution in [0.3, 0.4) is 0 Å². The number of nitrogens with zero attached hydrogens (tertiary/aromatic N) is 5. The first kappa shape index (κ1) is 20.8. The number of anilines is 2. The highest BCUT2D eigenvalue weighted by atomic mass is 35.5. The Morgan fingerprint density at radius 1 is 1.37 bits per heavy atom. The Kier molecular flexibility index (Phi) is 7.31. The predicted molar refractivity (Wildman–Crippen MR) is 100.0 cm³/mol. The molecule has 0 spiro atoms. The third-order valence-corrected chi connectivity index (χ3v) is 3.23. The number of aromatic nitrogens is 5. The zero-order valence-electron chi connectivity index (χ0n) is 15.8. The minimum absolute atomic E-state index is 0.0928. The van der Waals surface area contributed by atoms with Crippen LogP contribution in [-0.4, -0.2) is 55.7 Å². The lowest BCUT2D eigenvalue weighted by Gasteiger charge is -2.20. The van der Waals surface area contributed by atoms with Gasteiger partial charge in [0, 0.05) is 12.7 Å². The monoisotopic (exact) mass is 397 g/mol. The molecule has 2 rings (SSSR count). The molecule has 0 fully saturated rings. The second kappa shape index (κ2) is 9.47. The fourth-order valence-electron chi connectivity index (χ4n) is 2.04. The molecule has 10 nitrogen and oxygen atoms in total. The second-order valence-corrected chi connectivity index (χ2v) is 7.10. The molecule has 1 atom stereocenters. The zero-order chi connectivity index (χ0) is 19.9. The average molecular weight is 398 g/mol. The van der Waals surface area contributed by atoms with E-state index < -0.39 is 11.7 Å². The first-order valence-corrected chi connectivity index (χ1v) is 8.81. The van der Waals surface area contributed by atoms with E-state index in [4.69, 9.17) is 21.1 Å². The molecule has 0 aliphatic rings. The third kappa shape index (κ3) is 8.18. The topological polar surface area (TPSA) is 116 Å². The van der Waals surface area contributed by atoms with Gasteiger partial charge in [0.1, 0.15) is 11.9 Å². The molecule has 0 aliphatic heterocycles. The number of ether oxygens (including phenoxy) is 2. The van der Waals surface area contributed by atoms with Gasteiger partial charge in [-0.15, -0.1) is 0 Å². The van der Waals surface area contributed by atoms with Gasteiger partial charge >= 0.3 is 6.09 Å². The molecule has 2 aromatic heterocycles. The van der Waals surface area contributed by atoms with Crippen LogP contribution in [0.15, 0.2) is 18.7 Å². The van der Waals surface area contributed by atoms with Crippen LogP contribution in [0, 0.1) is 0 Å². The van der Waals surface area contributed by atoms with Crippen LogP contribution in [0.4, 0.5) is 16.4 Å². The van der Waals surface area contributed by atoms with E-state index in [9.17, 15) is 4.79 Å². The number of halogens is 1. The Hall–Kier alpha value is -2.46. The second-order valence-electron chi connectivity index (χ2n) is 6.76. The molecule has 1 amide bonds. The maximum absolute atomic E-state index is 11.5. The normalized spacial score (nSPS) is 12.5. The van der Waals surface area contributed by atoms with Crippen LogP contribution < -0.4 is 10.6 Å². The van der Waals surface area contributed by atoms with Crippen molar-refractivity contribution in [3.63, 3.8) is 0 Å². The summed E-state index contributed by atoms with van der Waals surface area (Å²) in [7, 11) is 0. The summed E-state index contributed by atoms with van der Waals surface area (Å²) < 4.78 is 12.6. The van der Waals surface area contributed by atoms with E-state index in [0.29, 0.717) is 25.6 Å². The summed E-state index contributed by atoms with van der Waals surface area (Å²) in [5.41, 5.74) is 0.201. The summed E-state index contributed by atoms with van der Waals surface area (Å²) in [6.45, 7) is 8.65. The van der Waals surface area contributed by atoms with Gasteiger partial charge in [-0.25, -0.2) is 14.8 Å². The third-order valence-electron chi connectivity index (χ3n) is 3.05. The van der Waals surface area contributed by atoms with Crippen molar-refractivity contribution in [1.29, 1.82) is 0 Å². The predicted octanol–water partition coefficient (Wildman–Crippen LogP) is 2.39. The summed E-state index contributed by atoms with van der Waals surface area (Å²) in [4.78, 5) is 23.2. The SMILES string of the molecule is C[C@@H](Cn1cc(Nc2ncnc(Cl)n2)cn1)OCCNC(=O)OC(C)(C)C. The molecule has 2 heterocycles. The minimum atomic E-state index is -0.517. The molecule has 0 radical (unpaired) electrons. The zero-order valence-corrected chi connectivity index (χ0v) is 16.5.